The number of ether oxygens (including phenoxy) is 1. The Balaban J connectivity index is 2.12. The summed E-state index contributed by atoms with van der Waals surface area (Å²) in [7, 11) is 1.27. The van der Waals surface area contributed by atoms with Gasteiger partial charge in [0, 0.05) is 10.2 Å². The first-order valence-corrected chi connectivity index (χ1v) is 8.69. The molecule has 0 saturated heterocycles. The number of esters is 1. The standard InChI is InChI=1S/C19H19BrN2O4/c1-12-5-3-4-6-15(12)21-18(24)19(25)22-16(11-17(23)26-2)13-7-9-14(20)10-8-13/h3-10,16H,11H2,1-2H3,(H,21,24)(H,22,25)/t16-/m1/s1. The number of amides is 2. The van der Waals surface area contributed by atoms with Crippen molar-refractivity contribution in [3.63, 3.8) is 0 Å². The van der Waals surface area contributed by atoms with Crippen molar-refractivity contribution in [2.24, 2.45) is 0 Å². The Bertz CT molecular complexity index is 805. The van der Waals surface area contributed by atoms with E-state index in [2.05, 4.69) is 31.3 Å². The molecule has 6 nitrogen and oxygen atoms in total. The van der Waals surface area contributed by atoms with E-state index < -0.39 is 23.8 Å². The smallest absolute Gasteiger partial charge is 0.313 e. The van der Waals surface area contributed by atoms with E-state index in [1.54, 1.807) is 36.4 Å². The lowest BCUT2D eigenvalue weighted by Crippen LogP contribution is -2.38. The van der Waals surface area contributed by atoms with Crippen molar-refractivity contribution in [1.82, 2.24) is 5.32 Å². The SMILES string of the molecule is COC(=O)C[C@@H](NC(=O)C(=O)Nc1ccccc1C)c1ccc(Br)cc1. The van der Waals surface area contributed by atoms with Crippen LogP contribution >= 0.6 is 15.9 Å². The summed E-state index contributed by atoms with van der Waals surface area (Å²) < 4.78 is 5.54. The van der Waals surface area contributed by atoms with Crippen LogP contribution in [0.2, 0.25) is 0 Å². The summed E-state index contributed by atoms with van der Waals surface area (Å²) in [6, 6.07) is 13.6. The maximum atomic E-state index is 12.3. The predicted molar refractivity (Wildman–Crippen MR) is 101 cm³/mol. The van der Waals surface area contributed by atoms with Crippen LogP contribution in [0.1, 0.15) is 23.6 Å². The quantitative estimate of drug-likeness (QED) is 0.576. The molecule has 0 radical (unpaired) electrons. The third-order valence-corrected chi connectivity index (χ3v) is 4.30. The monoisotopic (exact) mass is 418 g/mol. The second-order valence-corrected chi connectivity index (χ2v) is 6.54. The Kier molecular flexibility index (Phi) is 6.91. The lowest BCUT2D eigenvalue weighted by Gasteiger charge is -2.18. The number of anilines is 1. The summed E-state index contributed by atoms with van der Waals surface area (Å²) in [6.07, 6.45) is -0.0818. The number of hydrogen-bond acceptors (Lipinski definition) is 4. The summed E-state index contributed by atoms with van der Waals surface area (Å²) in [5.41, 5.74) is 2.09. The fourth-order valence-electron chi connectivity index (χ4n) is 2.31. The minimum Gasteiger partial charge on any atom is -0.469 e. The fourth-order valence-corrected chi connectivity index (χ4v) is 2.58. The molecular weight excluding hydrogens is 400 g/mol. The van der Waals surface area contributed by atoms with Gasteiger partial charge in [0.05, 0.1) is 19.6 Å². The molecule has 7 heteroatoms. The molecule has 26 heavy (non-hydrogen) atoms. The fraction of sp³-hybridized carbons (Fsp3) is 0.211. The van der Waals surface area contributed by atoms with Crippen LogP contribution in [-0.4, -0.2) is 24.9 Å². The Hall–Kier alpha value is -2.67. The van der Waals surface area contributed by atoms with E-state index in [0.29, 0.717) is 11.3 Å². The largest absolute Gasteiger partial charge is 0.469 e. The summed E-state index contributed by atoms with van der Waals surface area (Å²) in [4.78, 5) is 36.2. The van der Waals surface area contributed by atoms with Gasteiger partial charge in [0.1, 0.15) is 0 Å². The van der Waals surface area contributed by atoms with E-state index in [9.17, 15) is 14.4 Å². The summed E-state index contributed by atoms with van der Waals surface area (Å²) >= 11 is 3.33. The molecule has 0 aliphatic carbocycles. The van der Waals surface area contributed by atoms with Crippen molar-refractivity contribution in [1.29, 1.82) is 0 Å². The Morgan fingerprint density at radius 2 is 1.69 bits per heavy atom. The van der Waals surface area contributed by atoms with Gasteiger partial charge >= 0.3 is 17.8 Å². The van der Waals surface area contributed by atoms with Crippen LogP contribution in [0.25, 0.3) is 0 Å². The van der Waals surface area contributed by atoms with Crippen molar-refractivity contribution in [2.45, 2.75) is 19.4 Å². The summed E-state index contributed by atoms with van der Waals surface area (Å²) in [6.45, 7) is 1.83. The van der Waals surface area contributed by atoms with E-state index in [4.69, 9.17) is 0 Å². The second kappa shape index (κ2) is 9.15. The normalized spacial score (nSPS) is 11.3. The van der Waals surface area contributed by atoms with E-state index in [1.807, 2.05) is 19.1 Å². The van der Waals surface area contributed by atoms with Crippen molar-refractivity contribution >= 4 is 39.4 Å². The van der Waals surface area contributed by atoms with E-state index in [0.717, 1.165) is 10.0 Å². The van der Waals surface area contributed by atoms with Crippen molar-refractivity contribution in [3.8, 4) is 0 Å². The number of halogens is 1. The van der Waals surface area contributed by atoms with Crippen molar-refractivity contribution in [2.75, 3.05) is 12.4 Å². The molecule has 0 aliphatic heterocycles. The van der Waals surface area contributed by atoms with Gasteiger partial charge in [-0.05, 0) is 36.2 Å². The topological polar surface area (TPSA) is 84.5 Å². The summed E-state index contributed by atoms with van der Waals surface area (Å²) in [5, 5.41) is 5.16. The molecule has 0 unspecified atom stereocenters. The molecule has 1 atom stereocenters. The molecule has 2 aromatic carbocycles. The highest BCUT2D eigenvalue weighted by atomic mass is 79.9. The molecule has 0 aromatic heterocycles. The van der Waals surface area contributed by atoms with Crippen LogP contribution in [-0.2, 0) is 19.1 Å². The zero-order valence-electron chi connectivity index (χ0n) is 14.4. The molecule has 0 bridgehead atoms. The number of nitrogens with one attached hydrogen (secondary N) is 2. The number of rotatable bonds is 5. The molecular formula is C19H19BrN2O4. The zero-order chi connectivity index (χ0) is 19.1. The first kappa shape index (κ1) is 19.7. The van der Waals surface area contributed by atoms with Crippen molar-refractivity contribution in [3.05, 3.63) is 64.1 Å². The Morgan fingerprint density at radius 3 is 2.31 bits per heavy atom. The van der Waals surface area contributed by atoms with Gasteiger partial charge in [-0.2, -0.15) is 0 Å². The third-order valence-electron chi connectivity index (χ3n) is 3.78. The molecule has 2 rings (SSSR count). The second-order valence-electron chi connectivity index (χ2n) is 5.63. The molecule has 0 fully saturated rings. The number of para-hydroxylation sites is 1. The molecule has 0 spiro atoms. The Labute approximate surface area is 160 Å². The van der Waals surface area contributed by atoms with Gasteiger partial charge in [0.2, 0.25) is 0 Å². The Morgan fingerprint density at radius 1 is 1.04 bits per heavy atom. The van der Waals surface area contributed by atoms with Gasteiger partial charge < -0.3 is 15.4 Å². The molecule has 0 heterocycles. The minimum absolute atomic E-state index is 0.0818. The molecule has 136 valence electrons. The first-order valence-electron chi connectivity index (χ1n) is 7.90. The van der Waals surface area contributed by atoms with Gasteiger partial charge in [-0.25, -0.2) is 0 Å². The highest BCUT2D eigenvalue weighted by Gasteiger charge is 2.23. The number of hydrogen-bond donors (Lipinski definition) is 2. The van der Waals surface area contributed by atoms with Crippen LogP contribution in [0, 0.1) is 6.92 Å². The van der Waals surface area contributed by atoms with Crippen LogP contribution in [0.5, 0.6) is 0 Å². The third kappa shape index (κ3) is 5.42. The maximum absolute atomic E-state index is 12.3. The van der Waals surface area contributed by atoms with Gasteiger partial charge in [0.25, 0.3) is 0 Å². The van der Waals surface area contributed by atoms with Gasteiger partial charge in [-0.15, -0.1) is 0 Å². The molecule has 2 aromatic rings. The molecule has 2 amide bonds. The molecule has 0 aliphatic rings. The number of methoxy groups -OCH3 is 1. The number of aryl methyl sites for hydroxylation is 1. The predicted octanol–water partition coefficient (Wildman–Crippen LogP) is 3.12. The highest BCUT2D eigenvalue weighted by Crippen LogP contribution is 2.20. The number of benzene rings is 2. The van der Waals surface area contributed by atoms with Crippen molar-refractivity contribution < 1.29 is 19.1 Å². The van der Waals surface area contributed by atoms with Gasteiger partial charge in [-0.1, -0.05) is 46.3 Å². The average molecular weight is 419 g/mol. The van der Waals surface area contributed by atoms with Gasteiger partial charge in [-0.3, -0.25) is 14.4 Å². The number of carbonyl (C=O) groups is 3. The van der Waals surface area contributed by atoms with E-state index >= 15 is 0 Å². The van der Waals surface area contributed by atoms with Crippen LogP contribution in [0.15, 0.2) is 53.0 Å². The lowest BCUT2D eigenvalue weighted by atomic mass is 10.0. The van der Waals surface area contributed by atoms with E-state index in [-0.39, 0.29) is 6.42 Å². The highest BCUT2D eigenvalue weighted by molar-refractivity contribution is 9.10. The van der Waals surface area contributed by atoms with E-state index in [1.165, 1.54) is 7.11 Å². The molecule has 2 N–H and O–H groups in total. The van der Waals surface area contributed by atoms with Gasteiger partial charge in [0.15, 0.2) is 0 Å². The number of carbonyl (C=O) groups excluding carboxylic acids is 3. The van der Waals surface area contributed by atoms with Crippen LogP contribution in [0.4, 0.5) is 5.69 Å². The average Bonchev–Trinajstić information content (AvgIpc) is 2.63. The summed E-state index contributed by atoms with van der Waals surface area (Å²) in [5.74, 6) is -2.12. The molecule has 0 saturated carbocycles. The maximum Gasteiger partial charge on any atom is 0.313 e. The van der Waals surface area contributed by atoms with Crippen LogP contribution in [0.3, 0.4) is 0 Å². The minimum atomic E-state index is -0.829. The lowest BCUT2D eigenvalue weighted by molar-refractivity contribution is -0.142. The first-order chi connectivity index (χ1) is 12.4. The van der Waals surface area contributed by atoms with Crippen LogP contribution < -0.4 is 10.6 Å². The zero-order valence-corrected chi connectivity index (χ0v) is 16.0.